The lowest BCUT2D eigenvalue weighted by molar-refractivity contribution is -0.138. The van der Waals surface area contributed by atoms with Gasteiger partial charge in [-0.3, -0.25) is 29.5 Å². The normalized spacial score (nSPS) is 25.4. The molecular weight excluding hydrogens is 761 g/mol. The molecule has 4 amide bonds. The van der Waals surface area contributed by atoms with Gasteiger partial charge >= 0.3 is 5.97 Å². The summed E-state index contributed by atoms with van der Waals surface area (Å²) in [6.45, 7) is 2.00. The van der Waals surface area contributed by atoms with Gasteiger partial charge in [-0.1, -0.05) is 65.2 Å². The molecule has 2 aliphatic heterocycles. The zero-order valence-corrected chi connectivity index (χ0v) is 31.6. The standard InChI is InChI=1S/C42H35Cl2N3O9/c1-3-56-33-9-5-8-28(36(33)48)35-26-15-16-27-34(39(51)46(37(27)49)24-7-4-6-21(18-24)40(52)53)29(26)20-30-38(50)47(45-32-17-12-23(43)19-31(32)44)41(54)42(30,35)22-10-13-25(55-2)14-11-22/h4-15,17-19,27,29-30,34-35,45,48H,3,16,20H2,1-2H3,(H,52,53). The summed E-state index contributed by atoms with van der Waals surface area (Å²) in [5, 5.41) is 23.1. The number of carbonyl (C=O) groups excluding carboxylic acids is 4. The molecule has 4 aromatic rings. The molecule has 12 nitrogen and oxygen atoms in total. The van der Waals surface area contributed by atoms with Crippen molar-refractivity contribution in [1.82, 2.24) is 5.01 Å². The summed E-state index contributed by atoms with van der Waals surface area (Å²) in [5.41, 5.74) is 2.89. The van der Waals surface area contributed by atoms with Gasteiger partial charge in [0, 0.05) is 16.5 Å². The third kappa shape index (κ3) is 5.53. The molecule has 1 saturated carbocycles. The molecule has 6 unspecified atom stereocenters. The fraction of sp³-hybridized carbons (Fsp3) is 0.262. The molecule has 3 fully saturated rings. The van der Waals surface area contributed by atoms with Gasteiger partial charge in [-0.05, 0) is 85.8 Å². The maximum Gasteiger partial charge on any atom is 0.335 e. The van der Waals surface area contributed by atoms with E-state index in [0.29, 0.717) is 27.5 Å². The van der Waals surface area contributed by atoms with Crippen molar-refractivity contribution >= 4 is 64.2 Å². The number of carbonyl (C=O) groups is 5. The minimum absolute atomic E-state index is 0.0133. The molecule has 4 aromatic carbocycles. The first-order valence-corrected chi connectivity index (χ1v) is 18.8. The molecule has 2 aliphatic carbocycles. The van der Waals surface area contributed by atoms with Gasteiger partial charge < -0.3 is 19.7 Å². The summed E-state index contributed by atoms with van der Waals surface area (Å²) in [4.78, 5) is 72.1. The average molecular weight is 797 g/mol. The number of ether oxygens (including phenoxy) is 2. The number of allylic oxidation sites excluding steroid dienone is 2. The smallest absolute Gasteiger partial charge is 0.335 e. The van der Waals surface area contributed by atoms with Gasteiger partial charge in [-0.2, -0.15) is 5.01 Å². The Hall–Kier alpha value is -5.85. The molecule has 2 heterocycles. The topological polar surface area (TPSA) is 163 Å². The van der Waals surface area contributed by atoms with E-state index in [4.69, 9.17) is 32.7 Å². The molecule has 0 radical (unpaired) electrons. The number of carboxylic acids is 1. The van der Waals surface area contributed by atoms with E-state index in [9.17, 15) is 29.4 Å². The lowest BCUT2D eigenvalue weighted by atomic mass is 9.49. The quantitative estimate of drug-likeness (QED) is 0.119. The highest BCUT2D eigenvalue weighted by Crippen LogP contribution is 2.65. The first-order chi connectivity index (χ1) is 26.9. The van der Waals surface area contributed by atoms with Crippen LogP contribution in [0.3, 0.4) is 0 Å². The Kier molecular flexibility index (Phi) is 9.29. The summed E-state index contributed by atoms with van der Waals surface area (Å²) in [6.07, 6.45) is 1.96. The highest BCUT2D eigenvalue weighted by Gasteiger charge is 2.70. The van der Waals surface area contributed by atoms with Crippen molar-refractivity contribution in [3.05, 3.63) is 123 Å². The van der Waals surface area contributed by atoms with Crippen molar-refractivity contribution in [3.63, 3.8) is 0 Å². The number of methoxy groups -OCH3 is 1. The Morgan fingerprint density at radius 2 is 1.68 bits per heavy atom. The predicted molar refractivity (Wildman–Crippen MR) is 206 cm³/mol. The van der Waals surface area contributed by atoms with Gasteiger partial charge in [0.05, 0.1) is 58.8 Å². The number of carboxylic acid groups (broad SMARTS) is 1. The van der Waals surface area contributed by atoms with E-state index in [1.54, 1.807) is 61.5 Å². The summed E-state index contributed by atoms with van der Waals surface area (Å²) in [6, 6.07) is 22.0. The average Bonchev–Trinajstić information content (AvgIpc) is 3.57. The van der Waals surface area contributed by atoms with Crippen LogP contribution in [0.25, 0.3) is 0 Å². The van der Waals surface area contributed by atoms with Crippen LogP contribution in [-0.4, -0.2) is 58.5 Å². The summed E-state index contributed by atoms with van der Waals surface area (Å²) >= 11 is 12.7. The van der Waals surface area contributed by atoms with Crippen molar-refractivity contribution < 1.29 is 43.7 Å². The van der Waals surface area contributed by atoms with Gasteiger partial charge in [0.15, 0.2) is 11.5 Å². The van der Waals surface area contributed by atoms with Crippen LogP contribution >= 0.6 is 23.2 Å². The third-order valence-electron chi connectivity index (χ3n) is 11.6. The maximum absolute atomic E-state index is 15.5. The molecule has 6 atom stereocenters. The van der Waals surface area contributed by atoms with E-state index in [1.165, 1.54) is 37.4 Å². The molecule has 2 saturated heterocycles. The first-order valence-electron chi connectivity index (χ1n) is 18.0. The number of nitrogens with one attached hydrogen (secondary N) is 1. The SMILES string of the molecule is CCOc1cccc(C2C3=CCC4C(=O)N(c5cccc(C(=O)O)c5)C(=O)C4C3CC3C(=O)N(Nc4ccc(Cl)cc4Cl)C(=O)C32c2ccc(OC)cc2)c1O. The van der Waals surface area contributed by atoms with E-state index in [2.05, 4.69) is 5.43 Å². The Morgan fingerprint density at radius 3 is 2.38 bits per heavy atom. The minimum Gasteiger partial charge on any atom is -0.504 e. The van der Waals surface area contributed by atoms with E-state index >= 15 is 4.79 Å². The van der Waals surface area contributed by atoms with Crippen molar-refractivity contribution in [3.8, 4) is 17.2 Å². The molecule has 4 aliphatic rings. The second-order valence-electron chi connectivity index (χ2n) is 14.2. The van der Waals surface area contributed by atoms with Crippen LogP contribution in [-0.2, 0) is 24.6 Å². The summed E-state index contributed by atoms with van der Waals surface area (Å²) in [7, 11) is 1.51. The number of phenolic OH excluding ortho intramolecular Hbond substituents is 1. The fourth-order valence-corrected chi connectivity index (χ4v) is 9.72. The fourth-order valence-electron chi connectivity index (χ4n) is 9.26. The number of hydrazine groups is 1. The Morgan fingerprint density at radius 1 is 0.929 bits per heavy atom. The summed E-state index contributed by atoms with van der Waals surface area (Å²) in [5.74, 6) is -7.73. The molecule has 8 rings (SSSR count). The molecular formula is C42H35Cl2N3O9. The van der Waals surface area contributed by atoms with Gasteiger partial charge in [-0.15, -0.1) is 0 Å². The lowest BCUT2D eigenvalue weighted by Crippen LogP contribution is -2.53. The highest BCUT2D eigenvalue weighted by molar-refractivity contribution is 6.36. The first kappa shape index (κ1) is 37.1. The van der Waals surface area contributed by atoms with E-state index in [1.807, 2.05) is 6.08 Å². The Labute approximate surface area is 331 Å². The van der Waals surface area contributed by atoms with Crippen molar-refractivity contribution in [2.75, 3.05) is 24.0 Å². The van der Waals surface area contributed by atoms with Gasteiger partial charge in [0.2, 0.25) is 11.8 Å². The van der Waals surface area contributed by atoms with Crippen molar-refractivity contribution in [2.24, 2.45) is 23.7 Å². The van der Waals surface area contributed by atoms with Crippen molar-refractivity contribution in [2.45, 2.75) is 31.1 Å². The molecule has 14 heteroatoms. The van der Waals surface area contributed by atoms with Crippen LogP contribution in [0.1, 0.15) is 47.2 Å². The number of aromatic hydroxyl groups is 1. The third-order valence-corrected chi connectivity index (χ3v) is 12.1. The number of aromatic carboxylic acids is 1. The molecule has 286 valence electrons. The highest BCUT2D eigenvalue weighted by atomic mass is 35.5. The summed E-state index contributed by atoms with van der Waals surface area (Å²) < 4.78 is 11.3. The number of halogens is 2. The molecule has 0 spiro atoms. The molecule has 0 aromatic heterocycles. The number of nitrogens with zero attached hydrogens (tertiary/aromatic N) is 2. The second kappa shape index (κ2) is 14.0. The van der Waals surface area contributed by atoms with E-state index in [0.717, 1.165) is 9.91 Å². The van der Waals surface area contributed by atoms with Crippen LogP contribution in [0.2, 0.25) is 10.0 Å². The van der Waals surface area contributed by atoms with E-state index < -0.39 is 64.6 Å². The minimum atomic E-state index is -1.70. The van der Waals surface area contributed by atoms with Gasteiger partial charge in [-0.25, -0.2) is 4.79 Å². The Balaban J connectivity index is 1.34. The number of phenols is 1. The predicted octanol–water partition coefficient (Wildman–Crippen LogP) is 6.99. The number of benzene rings is 4. The number of amides is 4. The number of imide groups is 2. The van der Waals surface area contributed by atoms with Crippen LogP contribution in [0.15, 0.2) is 96.6 Å². The zero-order valence-electron chi connectivity index (χ0n) is 30.1. The number of hydrogen-bond donors (Lipinski definition) is 3. The Bertz CT molecular complexity index is 2370. The van der Waals surface area contributed by atoms with Crippen LogP contribution in [0.5, 0.6) is 17.2 Å². The number of rotatable bonds is 9. The maximum atomic E-state index is 15.5. The van der Waals surface area contributed by atoms with Crippen LogP contribution < -0.4 is 19.8 Å². The lowest BCUT2D eigenvalue weighted by Gasteiger charge is -2.50. The largest absolute Gasteiger partial charge is 0.504 e. The molecule has 0 bridgehead atoms. The van der Waals surface area contributed by atoms with E-state index in [-0.39, 0.29) is 52.9 Å². The number of fused-ring (bicyclic) bond motifs is 4. The molecule has 3 N–H and O–H groups in total. The van der Waals surface area contributed by atoms with Gasteiger partial charge in [0.25, 0.3) is 11.8 Å². The monoisotopic (exact) mass is 795 g/mol. The van der Waals surface area contributed by atoms with Gasteiger partial charge in [0.1, 0.15) is 5.75 Å². The number of anilines is 2. The zero-order chi connectivity index (χ0) is 39.6. The second-order valence-corrected chi connectivity index (χ2v) is 15.1. The van der Waals surface area contributed by atoms with Crippen molar-refractivity contribution in [1.29, 1.82) is 0 Å². The number of para-hydroxylation sites is 1. The van der Waals surface area contributed by atoms with Crippen LogP contribution in [0, 0.1) is 23.7 Å². The van der Waals surface area contributed by atoms with Crippen LogP contribution in [0.4, 0.5) is 11.4 Å². The molecule has 56 heavy (non-hydrogen) atoms. The number of hydrogen-bond acceptors (Lipinski definition) is 9.